The molecule has 0 aliphatic heterocycles. The lowest BCUT2D eigenvalue weighted by molar-refractivity contribution is -0.141. The normalized spacial score (nSPS) is 12.7. The number of H-pyrrole nitrogens is 2. The first-order valence-electron chi connectivity index (χ1n) is 3.70. The van der Waals surface area contributed by atoms with E-state index in [0.717, 1.165) is 0 Å². The molecule has 0 aromatic carbocycles. The summed E-state index contributed by atoms with van der Waals surface area (Å²) >= 11 is 0. The molecule has 0 spiro atoms. The molecule has 72 valence electrons. The zero-order valence-electron chi connectivity index (χ0n) is 6.90. The van der Waals surface area contributed by atoms with E-state index in [-0.39, 0.29) is 6.42 Å². The highest BCUT2D eigenvalue weighted by Gasteiger charge is 2.21. The van der Waals surface area contributed by atoms with E-state index >= 15 is 0 Å². The number of aromatic amines is 2. The summed E-state index contributed by atoms with van der Waals surface area (Å²) in [6.07, 6.45) is 0.177. The highest BCUT2D eigenvalue weighted by atomic mass is 16.4. The van der Waals surface area contributed by atoms with Gasteiger partial charge in [-0.2, -0.15) is 0 Å². The number of hydrogen-bond donors (Lipinski definition) is 3. The molecule has 3 N–H and O–H groups in total. The fourth-order valence-corrected chi connectivity index (χ4v) is 1.07. The summed E-state index contributed by atoms with van der Waals surface area (Å²) in [7, 11) is 0. The third kappa shape index (κ3) is 1.53. The number of carbonyl (C=O) groups is 1. The highest BCUT2D eigenvalue weighted by Crippen LogP contribution is 2.04. The number of carboxylic acids is 1. The SMILES string of the molecule is CCC(C(=O)O)n1c(=O)[nH][nH]c1=O. The van der Waals surface area contributed by atoms with Crippen LogP contribution in [0.4, 0.5) is 0 Å². The number of nitrogens with one attached hydrogen (secondary N) is 2. The number of rotatable bonds is 3. The molecular formula is C6H9N3O4. The minimum Gasteiger partial charge on any atom is -0.480 e. The van der Waals surface area contributed by atoms with Gasteiger partial charge in [0.1, 0.15) is 6.04 Å². The van der Waals surface area contributed by atoms with Gasteiger partial charge < -0.3 is 5.11 Å². The Morgan fingerprint density at radius 2 is 1.92 bits per heavy atom. The van der Waals surface area contributed by atoms with Gasteiger partial charge in [-0.15, -0.1) is 0 Å². The number of aliphatic carboxylic acids is 1. The monoisotopic (exact) mass is 187 g/mol. The maximum absolute atomic E-state index is 11.0. The van der Waals surface area contributed by atoms with Crippen LogP contribution in [-0.2, 0) is 4.79 Å². The molecule has 13 heavy (non-hydrogen) atoms. The first kappa shape index (κ1) is 9.30. The van der Waals surface area contributed by atoms with Crippen LogP contribution in [0.3, 0.4) is 0 Å². The minimum absolute atomic E-state index is 0.177. The van der Waals surface area contributed by atoms with E-state index in [2.05, 4.69) is 0 Å². The van der Waals surface area contributed by atoms with Crippen molar-refractivity contribution in [2.45, 2.75) is 19.4 Å². The molecule has 0 aliphatic rings. The molecule has 0 bridgehead atoms. The van der Waals surface area contributed by atoms with E-state index in [9.17, 15) is 14.4 Å². The summed E-state index contributed by atoms with van der Waals surface area (Å²) in [5, 5.41) is 12.7. The van der Waals surface area contributed by atoms with Gasteiger partial charge in [0.25, 0.3) is 0 Å². The van der Waals surface area contributed by atoms with Gasteiger partial charge in [-0.05, 0) is 6.42 Å². The number of carboxylic acid groups (broad SMARTS) is 1. The maximum atomic E-state index is 11.0. The van der Waals surface area contributed by atoms with Crippen LogP contribution in [0.15, 0.2) is 9.59 Å². The smallest absolute Gasteiger partial charge is 0.345 e. The molecule has 0 saturated carbocycles. The van der Waals surface area contributed by atoms with Crippen LogP contribution in [-0.4, -0.2) is 25.8 Å². The van der Waals surface area contributed by atoms with Gasteiger partial charge >= 0.3 is 17.3 Å². The van der Waals surface area contributed by atoms with Crippen molar-refractivity contribution in [3.05, 3.63) is 21.0 Å². The third-order valence-corrected chi connectivity index (χ3v) is 1.70. The molecule has 1 heterocycles. The molecule has 7 heteroatoms. The molecule has 0 radical (unpaired) electrons. The topological polar surface area (TPSA) is 108 Å². The predicted octanol–water partition coefficient (Wildman–Crippen LogP) is -1.10. The van der Waals surface area contributed by atoms with E-state index < -0.39 is 23.4 Å². The summed E-state index contributed by atoms with van der Waals surface area (Å²) < 4.78 is 0.641. The van der Waals surface area contributed by atoms with Crippen LogP contribution < -0.4 is 11.4 Å². The minimum atomic E-state index is -1.20. The molecule has 0 amide bonds. The standard InChI is InChI=1S/C6H9N3O4/c1-2-3(4(10)11)9-5(12)7-8-6(9)13/h3H,2H2,1H3,(H,7,12)(H,8,13)(H,10,11). The number of aromatic nitrogens is 3. The van der Waals surface area contributed by atoms with Crippen LogP contribution in [0, 0.1) is 0 Å². The summed E-state index contributed by atoms with van der Waals surface area (Å²) in [6.45, 7) is 1.58. The van der Waals surface area contributed by atoms with Crippen molar-refractivity contribution in [3.63, 3.8) is 0 Å². The second-order valence-electron chi connectivity index (χ2n) is 2.49. The van der Waals surface area contributed by atoms with Crippen LogP contribution in [0.1, 0.15) is 19.4 Å². The molecular weight excluding hydrogens is 178 g/mol. The van der Waals surface area contributed by atoms with Crippen LogP contribution >= 0.6 is 0 Å². The molecule has 0 saturated heterocycles. The molecule has 7 nitrogen and oxygen atoms in total. The second-order valence-corrected chi connectivity index (χ2v) is 2.49. The van der Waals surface area contributed by atoms with E-state index in [1.807, 2.05) is 10.2 Å². The lowest BCUT2D eigenvalue weighted by Gasteiger charge is -2.06. The average Bonchev–Trinajstić information content (AvgIpc) is 2.36. The Labute approximate surface area is 72.0 Å². The van der Waals surface area contributed by atoms with Crippen LogP contribution in [0.5, 0.6) is 0 Å². The van der Waals surface area contributed by atoms with Crippen molar-refractivity contribution < 1.29 is 9.90 Å². The third-order valence-electron chi connectivity index (χ3n) is 1.70. The van der Waals surface area contributed by atoms with E-state index in [1.54, 1.807) is 6.92 Å². The Morgan fingerprint density at radius 3 is 2.23 bits per heavy atom. The van der Waals surface area contributed by atoms with Gasteiger partial charge in [-0.3, -0.25) is 0 Å². The molecule has 0 fully saturated rings. The molecule has 1 atom stereocenters. The Hall–Kier alpha value is -1.79. The number of hydrogen-bond acceptors (Lipinski definition) is 3. The Bertz CT molecular complexity index is 385. The largest absolute Gasteiger partial charge is 0.480 e. The van der Waals surface area contributed by atoms with Crippen LogP contribution in [0.2, 0.25) is 0 Å². The second kappa shape index (κ2) is 3.30. The first-order chi connectivity index (χ1) is 6.07. The summed E-state index contributed by atoms with van der Waals surface area (Å²) in [6, 6.07) is -1.11. The lowest BCUT2D eigenvalue weighted by Crippen LogP contribution is -2.34. The Kier molecular flexibility index (Phi) is 2.36. The highest BCUT2D eigenvalue weighted by molar-refractivity contribution is 5.71. The van der Waals surface area contributed by atoms with Gasteiger partial charge in [0.15, 0.2) is 0 Å². The quantitative estimate of drug-likeness (QED) is 0.558. The molecule has 0 aliphatic carbocycles. The zero-order chi connectivity index (χ0) is 10.0. The van der Waals surface area contributed by atoms with E-state index in [0.29, 0.717) is 4.57 Å². The van der Waals surface area contributed by atoms with Gasteiger partial charge in [0.2, 0.25) is 0 Å². The predicted molar refractivity (Wildman–Crippen MR) is 42.6 cm³/mol. The summed E-state index contributed by atoms with van der Waals surface area (Å²) in [5.74, 6) is -1.20. The molecule has 1 unspecified atom stereocenters. The van der Waals surface area contributed by atoms with Crippen molar-refractivity contribution in [3.8, 4) is 0 Å². The summed E-state index contributed by atoms with van der Waals surface area (Å²) in [5.41, 5.74) is -1.47. The molecule has 1 aromatic rings. The fraction of sp³-hybridized carbons (Fsp3) is 0.500. The number of nitrogens with zero attached hydrogens (tertiary/aromatic N) is 1. The van der Waals surface area contributed by atoms with E-state index in [1.165, 1.54) is 0 Å². The van der Waals surface area contributed by atoms with Crippen molar-refractivity contribution in [2.24, 2.45) is 0 Å². The fourth-order valence-electron chi connectivity index (χ4n) is 1.07. The average molecular weight is 187 g/mol. The molecule has 1 rings (SSSR count). The Balaban J connectivity index is 3.26. The van der Waals surface area contributed by atoms with Gasteiger partial charge in [-0.1, -0.05) is 6.92 Å². The van der Waals surface area contributed by atoms with Gasteiger partial charge in [0.05, 0.1) is 0 Å². The van der Waals surface area contributed by atoms with Crippen LogP contribution in [0.25, 0.3) is 0 Å². The van der Waals surface area contributed by atoms with Crippen molar-refractivity contribution >= 4 is 5.97 Å². The van der Waals surface area contributed by atoms with Gasteiger partial charge in [0, 0.05) is 0 Å². The maximum Gasteiger partial charge on any atom is 0.345 e. The Morgan fingerprint density at radius 1 is 1.46 bits per heavy atom. The molecule has 1 aromatic heterocycles. The van der Waals surface area contributed by atoms with E-state index in [4.69, 9.17) is 5.11 Å². The lowest BCUT2D eigenvalue weighted by atomic mass is 10.2. The van der Waals surface area contributed by atoms with Crippen molar-refractivity contribution in [1.29, 1.82) is 0 Å². The summed E-state index contributed by atoms with van der Waals surface area (Å²) in [4.78, 5) is 32.5. The zero-order valence-corrected chi connectivity index (χ0v) is 6.90. The van der Waals surface area contributed by atoms with Crippen molar-refractivity contribution in [2.75, 3.05) is 0 Å². The van der Waals surface area contributed by atoms with Gasteiger partial charge in [-0.25, -0.2) is 29.1 Å². The first-order valence-corrected chi connectivity index (χ1v) is 3.70. The van der Waals surface area contributed by atoms with Crippen molar-refractivity contribution in [1.82, 2.24) is 14.8 Å².